The summed E-state index contributed by atoms with van der Waals surface area (Å²) in [5, 5.41) is 3.14. The molecule has 0 radical (unpaired) electrons. The number of piperazine rings is 1. The van der Waals surface area contributed by atoms with E-state index in [-0.39, 0.29) is 11.6 Å². The Hall–Kier alpha value is -0.700. The molecule has 1 rings (SSSR count). The molecule has 0 aromatic rings. The standard InChI is InChI=1S/C6H12N2O2.H3O4P.H2O/c1-10-6(9)8-4-2-7-3-5-8;1-5(2,3)4;/h7H,2-5H2,1H3;(H3,1,2,3,4);1H2. The molecule has 10 heteroatoms. The van der Waals surface area contributed by atoms with E-state index in [2.05, 4.69) is 10.1 Å². The van der Waals surface area contributed by atoms with Crippen molar-refractivity contribution >= 4 is 13.9 Å². The predicted molar refractivity (Wildman–Crippen MR) is 54.7 cm³/mol. The van der Waals surface area contributed by atoms with Crippen molar-refractivity contribution in [3.8, 4) is 0 Å². The number of carbonyl (C=O) groups is 1. The Labute approximate surface area is 92.6 Å². The summed E-state index contributed by atoms with van der Waals surface area (Å²) in [6.45, 7) is 3.25. The van der Waals surface area contributed by atoms with Gasteiger partial charge in [-0.2, -0.15) is 0 Å². The minimum Gasteiger partial charge on any atom is -0.453 e. The average molecular weight is 260 g/mol. The third kappa shape index (κ3) is 11.4. The highest BCUT2D eigenvalue weighted by molar-refractivity contribution is 7.45. The first-order valence-corrected chi connectivity index (χ1v) is 5.73. The van der Waals surface area contributed by atoms with Crippen LogP contribution in [0.4, 0.5) is 4.79 Å². The molecule has 6 N–H and O–H groups in total. The van der Waals surface area contributed by atoms with Crippen molar-refractivity contribution in [1.82, 2.24) is 10.2 Å². The van der Waals surface area contributed by atoms with Crippen molar-refractivity contribution in [2.75, 3.05) is 33.3 Å². The zero-order chi connectivity index (χ0) is 11.9. The van der Waals surface area contributed by atoms with Gasteiger partial charge in [0.15, 0.2) is 0 Å². The van der Waals surface area contributed by atoms with Crippen LogP contribution in [0.2, 0.25) is 0 Å². The van der Waals surface area contributed by atoms with Gasteiger partial charge in [-0.3, -0.25) is 0 Å². The number of methoxy groups -OCH3 is 1. The third-order valence-electron chi connectivity index (χ3n) is 1.55. The second-order valence-corrected chi connectivity index (χ2v) is 3.75. The monoisotopic (exact) mass is 260 g/mol. The van der Waals surface area contributed by atoms with Crippen LogP contribution in [0.5, 0.6) is 0 Å². The van der Waals surface area contributed by atoms with Crippen LogP contribution in [-0.4, -0.2) is 64.4 Å². The van der Waals surface area contributed by atoms with Crippen molar-refractivity contribution in [2.24, 2.45) is 0 Å². The number of amides is 1. The van der Waals surface area contributed by atoms with Crippen LogP contribution in [0.3, 0.4) is 0 Å². The molecule has 0 bridgehead atoms. The number of nitrogens with one attached hydrogen (secondary N) is 1. The van der Waals surface area contributed by atoms with Gasteiger partial charge in [-0.1, -0.05) is 0 Å². The quantitative estimate of drug-likeness (QED) is 0.364. The first-order chi connectivity index (χ1) is 6.84. The molecule has 0 aliphatic carbocycles. The molecule has 9 nitrogen and oxygen atoms in total. The highest BCUT2D eigenvalue weighted by Crippen LogP contribution is 2.25. The molecule has 1 heterocycles. The first-order valence-electron chi connectivity index (χ1n) is 4.16. The van der Waals surface area contributed by atoms with Gasteiger partial charge in [-0.25, -0.2) is 9.36 Å². The van der Waals surface area contributed by atoms with E-state index in [9.17, 15) is 4.79 Å². The molecule has 0 atom stereocenters. The van der Waals surface area contributed by atoms with E-state index in [0.717, 1.165) is 26.2 Å². The number of rotatable bonds is 0. The zero-order valence-corrected chi connectivity index (χ0v) is 9.68. The van der Waals surface area contributed by atoms with Gasteiger partial charge in [0.25, 0.3) is 0 Å². The lowest BCUT2D eigenvalue weighted by atomic mass is 10.4. The van der Waals surface area contributed by atoms with E-state index >= 15 is 0 Å². The summed E-state index contributed by atoms with van der Waals surface area (Å²) in [6.07, 6.45) is -0.221. The lowest BCUT2D eigenvalue weighted by molar-refractivity contribution is 0.118. The molecule has 0 aromatic carbocycles. The predicted octanol–water partition coefficient (Wildman–Crippen LogP) is -2.10. The Morgan fingerprint density at radius 2 is 1.69 bits per heavy atom. The molecule has 1 saturated heterocycles. The first kappa shape index (κ1) is 17.7. The molecule has 1 amide bonds. The van der Waals surface area contributed by atoms with Gasteiger partial charge in [0.05, 0.1) is 7.11 Å². The van der Waals surface area contributed by atoms with Gasteiger partial charge < -0.3 is 35.1 Å². The lowest BCUT2D eigenvalue weighted by Gasteiger charge is -2.25. The Morgan fingerprint density at radius 1 is 1.31 bits per heavy atom. The summed E-state index contributed by atoms with van der Waals surface area (Å²) in [5.74, 6) is 0. The Morgan fingerprint density at radius 3 is 2.00 bits per heavy atom. The molecule has 0 aromatic heterocycles. The Balaban J connectivity index is 0. The van der Waals surface area contributed by atoms with Crippen molar-refractivity contribution in [3.63, 3.8) is 0 Å². The lowest BCUT2D eigenvalue weighted by Crippen LogP contribution is -2.46. The highest BCUT2D eigenvalue weighted by Gasteiger charge is 2.15. The normalized spacial score (nSPS) is 15.4. The van der Waals surface area contributed by atoms with Crippen LogP contribution in [0.1, 0.15) is 0 Å². The number of nitrogens with zero attached hydrogens (tertiary/aromatic N) is 1. The SMILES string of the molecule is COC(=O)N1CCNCC1.O.O=P(O)(O)O. The molecular formula is C6H17N2O7P. The summed E-state index contributed by atoms with van der Waals surface area (Å²) in [7, 11) is -3.23. The van der Waals surface area contributed by atoms with E-state index in [4.69, 9.17) is 19.2 Å². The maximum atomic E-state index is 10.8. The highest BCUT2D eigenvalue weighted by atomic mass is 31.2. The second-order valence-electron chi connectivity index (χ2n) is 2.72. The van der Waals surface area contributed by atoms with E-state index in [1.54, 1.807) is 4.90 Å². The van der Waals surface area contributed by atoms with Gasteiger partial charge in [0.2, 0.25) is 0 Å². The fourth-order valence-corrected chi connectivity index (χ4v) is 0.977. The number of carbonyl (C=O) groups excluding carboxylic acids is 1. The van der Waals surface area contributed by atoms with Crippen molar-refractivity contribution < 1.29 is 34.3 Å². The molecule has 0 unspecified atom stereocenters. The van der Waals surface area contributed by atoms with Crippen LogP contribution in [0, 0.1) is 0 Å². The third-order valence-corrected chi connectivity index (χ3v) is 1.55. The van der Waals surface area contributed by atoms with Gasteiger partial charge in [0.1, 0.15) is 0 Å². The zero-order valence-electron chi connectivity index (χ0n) is 8.79. The number of phosphoric acid groups is 1. The molecule has 1 aliphatic rings. The van der Waals surface area contributed by atoms with E-state index in [0.29, 0.717) is 0 Å². The van der Waals surface area contributed by atoms with Crippen molar-refractivity contribution in [3.05, 3.63) is 0 Å². The van der Waals surface area contributed by atoms with E-state index in [1.165, 1.54) is 7.11 Å². The maximum absolute atomic E-state index is 10.8. The van der Waals surface area contributed by atoms with Crippen LogP contribution < -0.4 is 5.32 Å². The van der Waals surface area contributed by atoms with Gasteiger partial charge in [-0.15, -0.1) is 0 Å². The van der Waals surface area contributed by atoms with Crippen molar-refractivity contribution in [1.29, 1.82) is 0 Å². The van der Waals surface area contributed by atoms with Crippen molar-refractivity contribution in [2.45, 2.75) is 0 Å². The minimum atomic E-state index is -4.64. The molecule has 1 aliphatic heterocycles. The Bertz CT molecular complexity index is 229. The van der Waals surface area contributed by atoms with Crippen LogP contribution in [0.25, 0.3) is 0 Å². The van der Waals surface area contributed by atoms with E-state index < -0.39 is 7.82 Å². The van der Waals surface area contributed by atoms with Gasteiger partial charge in [0, 0.05) is 26.2 Å². The largest absolute Gasteiger partial charge is 0.466 e. The van der Waals surface area contributed by atoms with Crippen LogP contribution >= 0.6 is 7.82 Å². The van der Waals surface area contributed by atoms with E-state index in [1.807, 2.05) is 0 Å². The fraction of sp³-hybridized carbons (Fsp3) is 0.833. The Kier molecular flexibility index (Phi) is 9.34. The molecule has 0 spiro atoms. The summed E-state index contributed by atoms with van der Waals surface area (Å²) < 4.78 is 13.4. The maximum Gasteiger partial charge on any atom is 0.466 e. The number of hydrogen-bond acceptors (Lipinski definition) is 4. The molecule has 1 fully saturated rings. The number of ether oxygens (including phenoxy) is 1. The second kappa shape index (κ2) is 8.45. The smallest absolute Gasteiger partial charge is 0.453 e. The molecular weight excluding hydrogens is 243 g/mol. The summed E-state index contributed by atoms with van der Waals surface area (Å²) in [4.78, 5) is 34.1. The number of hydrogen-bond donors (Lipinski definition) is 4. The molecule has 16 heavy (non-hydrogen) atoms. The molecule has 0 saturated carbocycles. The fourth-order valence-electron chi connectivity index (χ4n) is 0.977. The summed E-state index contributed by atoms with van der Waals surface area (Å²) in [6, 6.07) is 0. The van der Waals surface area contributed by atoms with Gasteiger partial charge >= 0.3 is 13.9 Å². The van der Waals surface area contributed by atoms with Crippen LogP contribution in [0.15, 0.2) is 0 Å². The molecule has 98 valence electrons. The minimum absolute atomic E-state index is 0. The van der Waals surface area contributed by atoms with Gasteiger partial charge in [-0.05, 0) is 0 Å². The summed E-state index contributed by atoms with van der Waals surface area (Å²) >= 11 is 0. The topological polar surface area (TPSA) is 151 Å². The summed E-state index contributed by atoms with van der Waals surface area (Å²) in [5.41, 5.74) is 0. The average Bonchev–Trinajstić information content (AvgIpc) is 2.15. The van der Waals surface area contributed by atoms with Crippen LogP contribution in [-0.2, 0) is 9.30 Å².